The van der Waals surface area contributed by atoms with E-state index in [1.807, 2.05) is 0 Å². The Morgan fingerprint density at radius 1 is 1.32 bits per heavy atom. The highest BCUT2D eigenvalue weighted by Gasteiger charge is 2.38. The minimum Gasteiger partial charge on any atom is -0.496 e. The largest absolute Gasteiger partial charge is 0.496 e. The van der Waals surface area contributed by atoms with Gasteiger partial charge in [0.2, 0.25) is 0 Å². The van der Waals surface area contributed by atoms with Crippen LogP contribution in [-0.4, -0.2) is 12.7 Å². The first-order valence-electron chi connectivity index (χ1n) is 8.59. The van der Waals surface area contributed by atoms with E-state index in [-0.39, 0.29) is 5.60 Å². The lowest BCUT2D eigenvalue weighted by molar-refractivity contribution is 0.135. The number of hydrogen-bond donors (Lipinski definition) is 0. The van der Waals surface area contributed by atoms with Crippen molar-refractivity contribution in [3.8, 4) is 11.5 Å². The molecule has 0 aromatic heterocycles. The third-order valence-electron chi connectivity index (χ3n) is 5.08. The lowest BCUT2D eigenvalue weighted by Crippen LogP contribution is -2.36. The van der Waals surface area contributed by atoms with Gasteiger partial charge in [-0.05, 0) is 74.3 Å². The first-order valence-corrected chi connectivity index (χ1v) is 8.59. The summed E-state index contributed by atoms with van der Waals surface area (Å²) in [6, 6.07) is 4.43. The predicted molar refractivity (Wildman–Crippen MR) is 91.6 cm³/mol. The van der Waals surface area contributed by atoms with Crippen LogP contribution in [0.15, 0.2) is 17.7 Å². The Bertz CT molecular complexity index is 610. The van der Waals surface area contributed by atoms with E-state index in [2.05, 4.69) is 39.8 Å². The fourth-order valence-corrected chi connectivity index (χ4v) is 3.99. The molecule has 0 saturated carbocycles. The normalized spacial score (nSPS) is 22.7. The molecule has 0 spiro atoms. The fraction of sp³-hybridized carbons (Fsp3) is 0.600. The van der Waals surface area contributed by atoms with Crippen molar-refractivity contribution >= 4 is 5.57 Å². The quantitative estimate of drug-likeness (QED) is 0.745. The van der Waals surface area contributed by atoms with Crippen molar-refractivity contribution in [1.29, 1.82) is 0 Å². The third kappa shape index (κ3) is 2.53. The molecule has 1 unspecified atom stereocenters. The Morgan fingerprint density at radius 2 is 2.09 bits per heavy atom. The fourth-order valence-electron chi connectivity index (χ4n) is 3.99. The van der Waals surface area contributed by atoms with Crippen molar-refractivity contribution in [3.05, 3.63) is 28.8 Å². The van der Waals surface area contributed by atoms with Crippen molar-refractivity contribution < 1.29 is 9.47 Å². The lowest BCUT2D eigenvalue weighted by atomic mass is 9.74. The third-order valence-corrected chi connectivity index (χ3v) is 5.08. The maximum atomic E-state index is 6.42. The minimum absolute atomic E-state index is 0.196. The van der Waals surface area contributed by atoms with Crippen LogP contribution in [0, 0.1) is 5.92 Å². The summed E-state index contributed by atoms with van der Waals surface area (Å²) in [5.74, 6) is 2.74. The Labute approximate surface area is 134 Å². The van der Waals surface area contributed by atoms with Crippen LogP contribution in [0.25, 0.3) is 5.57 Å². The van der Waals surface area contributed by atoms with E-state index in [1.165, 1.54) is 28.7 Å². The molecule has 1 atom stereocenters. The van der Waals surface area contributed by atoms with Gasteiger partial charge in [-0.1, -0.05) is 20.3 Å². The molecule has 1 aromatic rings. The van der Waals surface area contributed by atoms with Gasteiger partial charge in [-0.25, -0.2) is 0 Å². The smallest absolute Gasteiger partial charge is 0.132 e. The topological polar surface area (TPSA) is 18.5 Å². The van der Waals surface area contributed by atoms with Crippen LogP contribution in [-0.2, 0) is 6.42 Å². The van der Waals surface area contributed by atoms with Gasteiger partial charge >= 0.3 is 0 Å². The van der Waals surface area contributed by atoms with E-state index in [1.54, 1.807) is 7.11 Å². The Morgan fingerprint density at radius 3 is 2.77 bits per heavy atom. The Hall–Kier alpha value is -1.44. The van der Waals surface area contributed by atoms with Crippen molar-refractivity contribution in [1.82, 2.24) is 0 Å². The maximum absolute atomic E-state index is 6.42. The molecular weight excluding hydrogens is 272 g/mol. The number of methoxy groups -OCH3 is 1. The van der Waals surface area contributed by atoms with Gasteiger partial charge in [0.1, 0.15) is 17.1 Å². The molecule has 0 fully saturated rings. The zero-order chi connectivity index (χ0) is 15.9. The molecule has 0 amide bonds. The number of aryl methyl sites for hydroxylation is 1. The highest BCUT2D eigenvalue weighted by molar-refractivity contribution is 5.81. The second-order valence-corrected chi connectivity index (χ2v) is 7.34. The molecule has 3 rings (SSSR count). The van der Waals surface area contributed by atoms with Crippen LogP contribution in [0.4, 0.5) is 0 Å². The van der Waals surface area contributed by atoms with Crippen molar-refractivity contribution in [3.63, 3.8) is 0 Å². The summed E-state index contributed by atoms with van der Waals surface area (Å²) in [6.07, 6.45) is 5.74. The monoisotopic (exact) mass is 300 g/mol. The summed E-state index contributed by atoms with van der Waals surface area (Å²) in [5, 5.41) is 0. The van der Waals surface area contributed by atoms with E-state index < -0.39 is 0 Å². The zero-order valence-corrected chi connectivity index (χ0v) is 14.6. The number of ether oxygens (including phenoxy) is 2. The molecule has 22 heavy (non-hydrogen) atoms. The summed E-state index contributed by atoms with van der Waals surface area (Å²) >= 11 is 0. The number of fused-ring (bicyclic) bond motifs is 2. The first kappa shape index (κ1) is 15.5. The first-order chi connectivity index (χ1) is 10.5. The van der Waals surface area contributed by atoms with Crippen LogP contribution in [0.1, 0.15) is 64.5 Å². The molecule has 0 saturated heterocycles. The Balaban J connectivity index is 2.19. The molecule has 1 aliphatic carbocycles. The molecule has 2 aliphatic rings. The van der Waals surface area contributed by atoms with Crippen LogP contribution in [0.5, 0.6) is 11.5 Å². The molecule has 0 N–H and O–H groups in total. The van der Waals surface area contributed by atoms with Crippen LogP contribution >= 0.6 is 0 Å². The van der Waals surface area contributed by atoms with E-state index in [9.17, 15) is 0 Å². The van der Waals surface area contributed by atoms with Crippen LogP contribution in [0.2, 0.25) is 0 Å². The average Bonchev–Trinajstić information content (AvgIpc) is 2.45. The minimum atomic E-state index is -0.196. The van der Waals surface area contributed by atoms with E-state index in [0.29, 0.717) is 0 Å². The summed E-state index contributed by atoms with van der Waals surface area (Å²) in [7, 11) is 1.78. The second-order valence-electron chi connectivity index (χ2n) is 7.34. The molecule has 0 radical (unpaired) electrons. The van der Waals surface area contributed by atoms with Gasteiger partial charge in [0.15, 0.2) is 0 Å². The van der Waals surface area contributed by atoms with Crippen molar-refractivity contribution in [2.24, 2.45) is 5.92 Å². The number of hydrogen-bond acceptors (Lipinski definition) is 2. The average molecular weight is 300 g/mol. The van der Waals surface area contributed by atoms with Gasteiger partial charge in [0.05, 0.1) is 12.7 Å². The molecule has 1 aromatic carbocycles. The summed E-state index contributed by atoms with van der Waals surface area (Å²) < 4.78 is 12.2. The van der Waals surface area contributed by atoms with E-state index in [0.717, 1.165) is 43.1 Å². The summed E-state index contributed by atoms with van der Waals surface area (Å²) in [4.78, 5) is 0. The Kier molecular flexibility index (Phi) is 3.96. The van der Waals surface area contributed by atoms with Gasteiger partial charge in [-0.15, -0.1) is 0 Å². The SMILES string of the molecule is CCCc1cc(OC)c2c(c1)OC(C)(C)C1=C2CC(C)CC1. The van der Waals surface area contributed by atoms with Gasteiger partial charge in [0, 0.05) is 0 Å². The standard InChI is InChI=1S/C20H28O2/c1-6-7-14-11-17(21-5)19-15-10-13(2)8-9-16(15)20(3,4)22-18(19)12-14/h11-13H,6-10H2,1-5H3. The molecule has 2 heteroatoms. The molecule has 1 heterocycles. The predicted octanol–water partition coefficient (Wildman–Crippen LogP) is 5.39. The summed E-state index contributed by atoms with van der Waals surface area (Å²) in [6.45, 7) is 8.98. The molecule has 0 bridgehead atoms. The van der Waals surface area contributed by atoms with Gasteiger partial charge in [0.25, 0.3) is 0 Å². The van der Waals surface area contributed by atoms with Crippen molar-refractivity contribution in [2.75, 3.05) is 7.11 Å². The van der Waals surface area contributed by atoms with Gasteiger partial charge in [-0.2, -0.15) is 0 Å². The lowest BCUT2D eigenvalue weighted by Gasteiger charge is -2.41. The van der Waals surface area contributed by atoms with Gasteiger partial charge in [-0.3, -0.25) is 0 Å². The maximum Gasteiger partial charge on any atom is 0.132 e. The molecular formula is C20H28O2. The molecule has 1 aliphatic heterocycles. The van der Waals surface area contributed by atoms with E-state index >= 15 is 0 Å². The number of benzene rings is 1. The molecule has 120 valence electrons. The van der Waals surface area contributed by atoms with Crippen LogP contribution in [0.3, 0.4) is 0 Å². The highest BCUT2D eigenvalue weighted by atomic mass is 16.5. The summed E-state index contributed by atoms with van der Waals surface area (Å²) in [5.41, 5.74) is 5.27. The molecule has 2 nitrogen and oxygen atoms in total. The highest BCUT2D eigenvalue weighted by Crippen LogP contribution is 2.51. The van der Waals surface area contributed by atoms with Crippen molar-refractivity contribution in [2.45, 2.75) is 65.4 Å². The number of allylic oxidation sites excluding steroid dienone is 1. The van der Waals surface area contributed by atoms with Gasteiger partial charge < -0.3 is 9.47 Å². The zero-order valence-electron chi connectivity index (χ0n) is 14.6. The second kappa shape index (κ2) is 5.64. The van der Waals surface area contributed by atoms with E-state index in [4.69, 9.17) is 9.47 Å². The number of rotatable bonds is 3. The van der Waals surface area contributed by atoms with Crippen LogP contribution < -0.4 is 9.47 Å².